The molecular formula is C12H17BN2. The molecule has 1 aliphatic rings. The number of benzene rings is 1. The normalized spacial score (nSPS) is 14.4. The Morgan fingerprint density at radius 3 is 1.93 bits per heavy atom. The van der Waals surface area contributed by atoms with Crippen LogP contribution in [-0.4, -0.2) is 20.1 Å². The zero-order chi connectivity index (χ0) is 10.8. The highest BCUT2D eigenvalue weighted by molar-refractivity contribution is 6.74. The van der Waals surface area contributed by atoms with Gasteiger partial charge in [-0.3, -0.25) is 0 Å². The third kappa shape index (κ3) is 1.43. The number of para-hydroxylation sites is 2. The highest BCUT2D eigenvalue weighted by atomic mass is 15.3. The van der Waals surface area contributed by atoms with Crippen molar-refractivity contribution in [2.75, 3.05) is 22.7 Å². The van der Waals surface area contributed by atoms with Crippen LogP contribution in [0, 0.1) is 0 Å². The van der Waals surface area contributed by atoms with E-state index in [2.05, 4.69) is 54.3 Å². The molecule has 0 unspecified atom stereocenters. The second-order valence-corrected chi connectivity index (χ2v) is 3.71. The van der Waals surface area contributed by atoms with E-state index in [9.17, 15) is 0 Å². The summed E-state index contributed by atoms with van der Waals surface area (Å²) in [4.78, 5) is 4.76. The summed E-state index contributed by atoms with van der Waals surface area (Å²) in [5.41, 5.74) is 2.65. The molecule has 0 fully saturated rings. The molecule has 0 saturated carbocycles. The van der Waals surface area contributed by atoms with Crippen LogP contribution in [0.15, 0.2) is 36.8 Å². The summed E-state index contributed by atoms with van der Waals surface area (Å²) >= 11 is 0. The van der Waals surface area contributed by atoms with Crippen LogP contribution >= 0.6 is 0 Å². The molecule has 2 rings (SSSR count). The molecule has 1 aromatic rings. The van der Waals surface area contributed by atoms with Gasteiger partial charge in [0.15, 0.2) is 0 Å². The summed E-state index contributed by atoms with van der Waals surface area (Å²) in [5.74, 6) is 2.02. The number of hydrogen-bond donors (Lipinski definition) is 0. The lowest BCUT2D eigenvalue weighted by Crippen LogP contribution is -2.46. The summed E-state index contributed by atoms with van der Waals surface area (Å²) in [6, 6.07) is 8.57. The largest absolute Gasteiger partial charge is 0.403 e. The molecule has 0 aromatic heterocycles. The Bertz CT molecular complexity index is 333. The van der Waals surface area contributed by atoms with Gasteiger partial charge < -0.3 is 9.62 Å². The van der Waals surface area contributed by atoms with Crippen molar-refractivity contribution in [2.45, 2.75) is 13.8 Å². The minimum atomic E-state index is 0.317. The van der Waals surface area contributed by atoms with E-state index in [0.717, 1.165) is 13.1 Å². The SMILES string of the molecule is C=CB1N(CC)c2ccccc2N1CC. The molecule has 0 atom stereocenters. The minimum absolute atomic E-state index is 0.317. The number of anilines is 2. The summed E-state index contributed by atoms with van der Waals surface area (Å²) in [6.07, 6.45) is 0. The van der Waals surface area contributed by atoms with Gasteiger partial charge in [-0.05, 0) is 26.0 Å². The van der Waals surface area contributed by atoms with Crippen LogP contribution in [0.4, 0.5) is 11.4 Å². The molecule has 0 spiro atoms. The van der Waals surface area contributed by atoms with Crippen LogP contribution < -0.4 is 9.62 Å². The van der Waals surface area contributed by atoms with Gasteiger partial charge in [-0.1, -0.05) is 18.1 Å². The number of fused-ring (bicyclic) bond motifs is 1. The molecule has 0 bridgehead atoms. The standard InChI is InChI=1S/C12H17BN2/c1-4-13-14(5-2)11-9-7-8-10-12(11)15(13)6-3/h4,7-10H,1,5-6H2,2-3H3. The molecule has 1 heterocycles. The molecule has 78 valence electrons. The molecule has 1 aliphatic heterocycles. The maximum atomic E-state index is 3.94. The smallest absolute Gasteiger partial charge is 0.391 e. The van der Waals surface area contributed by atoms with E-state index in [1.165, 1.54) is 11.4 Å². The van der Waals surface area contributed by atoms with Crippen molar-refractivity contribution in [1.29, 1.82) is 0 Å². The molecule has 3 heteroatoms. The van der Waals surface area contributed by atoms with Crippen LogP contribution in [0.25, 0.3) is 0 Å². The predicted octanol–water partition coefficient (Wildman–Crippen LogP) is 2.57. The van der Waals surface area contributed by atoms with Crippen molar-refractivity contribution in [3.05, 3.63) is 36.8 Å². The molecule has 0 saturated heterocycles. The van der Waals surface area contributed by atoms with Gasteiger partial charge in [0, 0.05) is 24.5 Å². The lowest BCUT2D eigenvalue weighted by Gasteiger charge is -2.25. The van der Waals surface area contributed by atoms with E-state index in [4.69, 9.17) is 0 Å². The van der Waals surface area contributed by atoms with Gasteiger partial charge in [0.1, 0.15) is 0 Å². The van der Waals surface area contributed by atoms with Crippen molar-refractivity contribution >= 4 is 18.4 Å². The summed E-state index contributed by atoms with van der Waals surface area (Å²) in [5, 5.41) is 0. The lowest BCUT2D eigenvalue weighted by atomic mass is 9.73. The quantitative estimate of drug-likeness (QED) is 0.692. The summed E-state index contributed by atoms with van der Waals surface area (Å²) in [7, 11) is 0. The Kier molecular flexibility index (Phi) is 2.71. The van der Waals surface area contributed by atoms with E-state index in [0.29, 0.717) is 6.98 Å². The maximum Gasteiger partial charge on any atom is 0.403 e. The van der Waals surface area contributed by atoms with Gasteiger partial charge in [0.2, 0.25) is 0 Å². The molecule has 0 N–H and O–H groups in total. The fourth-order valence-electron chi connectivity index (χ4n) is 2.37. The first-order valence-corrected chi connectivity index (χ1v) is 5.58. The van der Waals surface area contributed by atoms with Crippen molar-refractivity contribution in [3.8, 4) is 0 Å². The zero-order valence-corrected chi connectivity index (χ0v) is 9.48. The number of nitrogens with zero attached hydrogens (tertiary/aromatic N) is 2. The molecule has 0 aliphatic carbocycles. The molecule has 0 amide bonds. The van der Waals surface area contributed by atoms with Crippen molar-refractivity contribution in [3.63, 3.8) is 0 Å². The van der Waals surface area contributed by atoms with Crippen LogP contribution in [0.5, 0.6) is 0 Å². The Hall–Kier alpha value is -1.38. The Balaban J connectivity index is 2.47. The van der Waals surface area contributed by atoms with Crippen LogP contribution in [0.2, 0.25) is 0 Å². The van der Waals surface area contributed by atoms with E-state index >= 15 is 0 Å². The second kappa shape index (κ2) is 4.01. The number of hydrogen-bond acceptors (Lipinski definition) is 2. The van der Waals surface area contributed by atoms with Crippen molar-refractivity contribution in [2.24, 2.45) is 0 Å². The Labute approximate surface area is 92.3 Å². The van der Waals surface area contributed by atoms with Crippen LogP contribution in [0.1, 0.15) is 13.8 Å². The van der Waals surface area contributed by atoms with Gasteiger partial charge in [-0.15, -0.1) is 6.58 Å². The van der Waals surface area contributed by atoms with Gasteiger partial charge in [-0.2, -0.15) is 0 Å². The maximum absolute atomic E-state index is 3.94. The van der Waals surface area contributed by atoms with Gasteiger partial charge in [-0.25, -0.2) is 0 Å². The summed E-state index contributed by atoms with van der Waals surface area (Å²) in [6.45, 7) is 10.7. The fraction of sp³-hybridized carbons (Fsp3) is 0.333. The molecular weight excluding hydrogens is 183 g/mol. The second-order valence-electron chi connectivity index (χ2n) is 3.71. The van der Waals surface area contributed by atoms with E-state index < -0.39 is 0 Å². The van der Waals surface area contributed by atoms with Crippen LogP contribution in [-0.2, 0) is 0 Å². The molecule has 1 aromatic carbocycles. The third-order valence-corrected chi connectivity index (χ3v) is 3.03. The average molecular weight is 200 g/mol. The van der Waals surface area contributed by atoms with Crippen molar-refractivity contribution in [1.82, 2.24) is 0 Å². The Morgan fingerprint density at radius 1 is 1.13 bits per heavy atom. The highest BCUT2D eigenvalue weighted by Gasteiger charge is 2.35. The summed E-state index contributed by atoms with van der Waals surface area (Å²) < 4.78 is 0. The first-order valence-electron chi connectivity index (χ1n) is 5.58. The van der Waals surface area contributed by atoms with Gasteiger partial charge in [0.25, 0.3) is 0 Å². The first-order chi connectivity index (χ1) is 7.33. The highest BCUT2D eigenvalue weighted by Crippen LogP contribution is 2.37. The van der Waals surface area contributed by atoms with Crippen molar-refractivity contribution < 1.29 is 0 Å². The molecule has 2 nitrogen and oxygen atoms in total. The predicted molar refractivity (Wildman–Crippen MR) is 68.4 cm³/mol. The zero-order valence-electron chi connectivity index (χ0n) is 9.48. The first kappa shape index (κ1) is 10.2. The van der Waals surface area contributed by atoms with E-state index in [1.807, 2.05) is 5.98 Å². The topological polar surface area (TPSA) is 6.48 Å². The van der Waals surface area contributed by atoms with Gasteiger partial charge >= 0.3 is 6.98 Å². The van der Waals surface area contributed by atoms with Gasteiger partial charge in [0.05, 0.1) is 0 Å². The average Bonchev–Trinajstić information content (AvgIpc) is 2.61. The van der Waals surface area contributed by atoms with Crippen LogP contribution in [0.3, 0.4) is 0 Å². The fourth-order valence-corrected chi connectivity index (χ4v) is 2.37. The lowest BCUT2D eigenvalue weighted by molar-refractivity contribution is 1.06. The Morgan fingerprint density at radius 2 is 1.60 bits per heavy atom. The molecule has 15 heavy (non-hydrogen) atoms. The third-order valence-electron chi connectivity index (χ3n) is 3.03. The monoisotopic (exact) mass is 200 g/mol. The van der Waals surface area contributed by atoms with E-state index in [1.54, 1.807) is 0 Å². The minimum Gasteiger partial charge on any atom is -0.391 e. The number of rotatable bonds is 3. The molecule has 0 radical (unpaired) electrons. The van der Waals surface area contributed by atoms with E-state index in [-0.39, 0.29) is 0 Å².